The van der Waals surface area contributed by atoms with Crippen LogP contribution < -0.4 is 0 Å². The maximum absolute atomic E-state index is 11.0. The Kier molecular flexibility index (Phi) is 11.8. The van der Waals surface area contributed by atoms with Crippen molar-refractivity contribution in [3.63, 3.8) is 0 Å². The molecule has 0 radical (unpaired) electrons. The molecule has 2 aromatic carbocycles. The number of carboxylic acids is 2. The van der Waals surface area contributed by atoms with Crippen LogP contribution in [0.3, 0.4) is 0 Å². The Morgan fingerprint density at radius 1 is 0.576 bits per heavy atom. The number of aromatic hydroxyl groups is 2. The van der Waals surface area contributed by atoms with Crippen LogP contribution in [0, 0.1) is 0 Å². The van der Waals surface area contributed by atoms with Gasteiger partial charge in [-0.3, -0.25) is 0 Å². The van der Waals surface area contributed by atoms with Crippen LogP contribution in [0.5, 0.6) is 11.5 Å². The summed E-state index contributed by atoms with van der Waals surface area (Å²) in [6, 6.07) is 6.87. The van der Waals surface area contributed by atoms with Gasteiger partial charge in [0, 0.05) is 19.5 Å². The van der Waals surface area contributed by atoms with Crippen molar-refractivity contribution < 1.29 is 49.5 Å². The Labute approximate surface area is 209 Å². The summed E-state index contributed by atoms with van der Waals surface area (Å²) in [5.74, 6) is -1.66. The largest absolute Gasteiger partial charge is 0.507 e. The molecule has 7 heteroatoms. The molecule has 0 saturated carbocycles. The summed E-state index contributed by atoms with van der Waals surface area (Å²) in [6.45, 7) is 15.7. The Morgan fingerprint density at radius 3 is 1.03 bits per heavy atom. The Bertz CT molecular complexity index is 898. The molecular weight excluding hydrogens is 474 g/mol. The van der Waals surface area contributed by atoms with E-state index in [1.54, 1.807) is 12.1 Å². The van der Waals surface area contributed by atoms with Gasteiger partial charge in [0.25, 0.3) is 0 Å². The Balaban J connectivity index is 0.000000602. The van der Waals surface area contributed by atoms with Gasteiger partial charge in [-0.25, -0.2) is 9.59 Å². The predicted octanol–water partition coefficient (Wildman–Crippen LogP) is 6.67. The van der Waals surface area contributed by atoms with E-state index in [0.29, 0.717) is 11.1 Å². The number of benzene rings is 2. The summed E-state index contributed by atoms with van der Waals surface area (Å²) in [5.41, 5.74) is 3.27. The van der Waals surface area contributed by atoms with Gasteiger partial charge < -0.3 is 20.4 Å². The monoisotopic (exact) mass is 508 g/mol. The average molecular weight is 510 g/mol. The molecule has 33 heavy (non-hydrogen) atoms. The normalized spacial score (nSPS) is 10.8. The summed E-state index contributed by atoms with van der Waals surface area (Å²) in [5, 5.41) is 37.7. The third-order valence-electron chi connectivity index (χ3n) is 5.36. The molecule has 0 amide bonds. The second-order valence-corrected chi connectivity index (χ2v) is 9.24. The van der Waals surface area contributed by atoms with Crippen molar-refractivity contribution in [3.05, 3.63) is 57.6 Å². The molecule has 0 spiro atoms. The summed E-state index contributed by atoms with van der Waals surface area (Å²) in [4.78, 5) is 22.0. The first kappa shape index (κ1) is 30.6. The van der Waals surface area contributed by atoms with Crippen molar-refractivity contribution in [2.75, 3.05) is 0 Å². The topological polar surface area (TPSA) is 115 Å². The van der Waals surface area contributed by atoms with Gasteiger partial charge in [0.1, 0.15) is 22.6 Å². The van der Waals surface area contributed by atoms with Crippen LogP contribution >= 0.6 is 0 Å². The molecule has 0 heterocycles. The minimum atomic E-state index is -1.08. The smallest absolute Gasteiger partial charge is 0.339 e. The zero-order valence-electron chi connectivity index (χ0n) is 20.9. The third kappa shape index (κ3) is 7.85. The van der Waals surface area contributed by atoms with Crippen LogP contribution in [0.2, 0.25) is 0 Å². The average Bonchev–Trinajstić information content (AvgIpc) is 2.67. The maximum Gasteiger partial charge on any atom is 0.339 e. The van der Waals surface area contributed by atoms with Gasteiger partial charge >= 0.3 is 11.9 Å². The number of hydrogen-bond donors (Lipinski definition) is 4. The van der Waals surface area contributed by atoms with E-state index in [-0.39, 0.29) is 65.8 Å². The van der Waals surface area contributed by atoms with Crippen molar-refractivity contribution in [2.24, 2.45) is 0 Å². The van der Waals surface area contributed by atoms with Gasteiger partial charge in [-0.15, -0.1) is 0 Å². The summed E-state index contributed by atoms with van der Waals surface area (Å²) in [6.07, 6.45) is 0. The van der Waals surface area contributed by atoms with Crippen molar-refractivity contribution in [3.8, 4) is 11.5 Å². The van der Waals surface area contributed by atoms with Crippen LogP contribution in [-0.2, 0) is 19.5 Å². The fourth-order valence-electron chi connectivity index (χ4n) is 3.23. The number of phenols is 2. The summed E-state index contributed by atoms with van der Waals surface area (Å²) >= 11 is 0. The standard InChI is InChI=1S/2C13H18O3.Zn/c2*1-7(2)9-5-10(8(3)4)12(14)11(6-9)13(15)16;/h2*5-8,14H,1-4H3,(H,15,16);. The molecule has 0 aliphatic heterocycles. The molecule has 6 nitrogen and oxygen atoms in total. The molecule has 178 valence electrons. The van der Waals surface area contributed by atoms with Gasteiger partial charge in [0.15, 0.2) is 0 Å². The van der Waals surface area contributed by atoms with Gasteiger partial charge in [-0.05, 0) is 58.1 Å². The summed E-state index contributed by atoms with van der Waals surface area (Å²) in [7, 11) is 0. The van der Waals surface area contributed by atoms with Crippen molar-refractivity contribution in [1.82, 2.24) is 0 Å². The number of hydrogen-bond acceptors (Lipinski definition) is 4. The van der Waals surface area contributed by atoms with Gasteiger partial charge in [-0.2, -0.15) is 0 Å². The van der Waals surface area contributed by atoms with Gasteiger partial charge in [-0.1, -0.05) is 67.5 Å². The van der Waals surface area contributed by atoms with Crippen LogP contribution in [0.25, 0.3) is 0 Å². The van der Waals surface area contributed by atoms with Crippen LogP contribution in [0.4, 0.5) is 0 Å². The van der Waals surface area contributed by atoms with E-state index < -0.39 is 11.9 Å². The van der Waals surface area contributed by atoms with Crippen molar-refractivity contribution >= 4 is 11.9 Å². The summed E-state index contributed by atoms with van der Waals surface area (Å²) < 4.78 is 0. The van der Waals surface area contributed by atoms with E-state index in [1.807, 2.05) is 67.5 Å². The molecule has 0 aromatic heterocycles. The zero-order valence-corrected chi connectivity index (χ0v) is 23.9. The van der Waals surface area contributed by atoms with Crippen molar-refractivity contribution in [1.29, 1.82) is 0 Å². The van der Waals surface area contributed by atoms with E-state index in [1.165, 1.54) is 0 Å². The molecule has 0 unspecified atom stereocenters. The van der Waals surface area contributed by atoms with E-state index in [9.17, 15) is 19.8 Å². The second kappa shape index (κ2) is 12.7. The van der Waals surface area contributed by atoms with Crippen molar-refractivity contribution in [2.45, 2.75) is 79.1 Å². The molecule has 0 atom stereocenters. The maximum atomic E-state index is 11.0. The number of rotatable bonds is 6. The van der Waals surface area contributed by atoms with Crippen LogP contribution in [0.1, 0.15) is 122 Å². The second-order valence-electron chi connectivity index (χ2n) is 9.24. The quantitative estimate of drug-likeness (QED) is 0.323. The first-order valence-corrected chi connectivity index (χ1v) is 10.9. The first-order valence-electron chi connectivity index (χ1n) is 10.9. The Hall–Kier alpha value is -2.40. The molecular formula is C26H36O6Zn. The zero-order chi connectivity index (χ0) is 24.9. The minimum Gasteiger partial charge on any atom is -0.507 e. The molecule has 4 N–H and O–H groups in total. The molecule has 0 aliphatic rings. The molecule has 0 bridgehead atoms. The van der Waals surface area contributed by atoms with E-state index in [2.05, 4.69) is 0 Å². The molecule has 0 saturated heterocycles. The van der Waals surface area contributed by atoms with Gasteiger partial charge in [0.05, 0.1) is 0 Å². The number of aromatic carboxylic acids is 2. The fourth-order valence-corrected chi connectivity index (χ4v) is 3.23. The first-order chi connectivity index (χ1) is 14.7. The van der Waals surface area contributed by atoms with E-state index in [4.69, 9.17) is 10.2 Å². The minimum absolute atomic E-state index is 0. The molecule has 2 rings (SSSR count). The predicted molar refractivity (Wildman–Crippen MR) is 126 cm³/mol. The fraction of sp³-hybridized carbons (Fsp3) is 0.462. The van der Waals surface area contributed by atoms with Crippen LogP contribution in [-0.4, -0.2) is 32.4 Å². The van der Waals surface area contributed by atoms with E-state index in [0.717, 1.165) is 11.1 Å². The number of carboxylic acid groups (broad SMARTS) is 2. The molecule has 2 aromatic rings. The van der Waals surface area contributed by atoms with Crippen LogP contribution in [0.15, 0.2) is 24.3 Å². The Morgan fingerprint density at radius 2 is 0.848 bits per heavy atom. The molecule has 0 fully saturated rings. The van der Waals surface area contributed by atoms with Gasteiger partial charge in [0.2, 0.25) is 0 Å². The molecule has 0 aliphatic carbocycles. The van der Waals surface area contributed by atoms with E-state index >= 15 is 0 Å². The number of carbonyl (C=O) groups is 2. The SMILES string of the molecule is CC(C)c1cc(C(=O)O)c(O)c(C(C)C)c1.CC(C)c1cc(C(=O)O)c(O)c(C(C)C)c1.[Zn]. The third-order valence-corrected chi connectivity index (χ3v) is 5.36.